The van der Waals surface area contributed by atoms with Gasteiger partial charge < -0.3 is 10.5 Å². The summed E-state index contributed by atoms with van der Waals surface area (Å²) in [7, 11) is 0. The van der Waals surface area contributed by atoms with Crippen molar-refractivity contribution in [2.24, 2.45) is 11.7 Å². The van der Waals surface area contributed by atoms with Gasteiger partial charge in [0.2, 0.25) is 0 Å². The van der Waals surface area contributed by atoms with Crippen molar-refractivity contribution in [1.82, 2.24) is 4.90 Å². The minimum absolute atomic E-state index is 0.0693. The van der Waals surface area contributed by atoms with Gasteiger partial charge in [0.25, 0.3) is 0 Å². The topological polar surface area (TPSA) is 38.5 Å². The largest absolute Gasteiger partial charge is 0.381 e. The van der Waals surface area contributed by atoms with Crippen LogP contribution < -0.4 is 5.73 Å². The summed E-state index contributed by atoms with van der Waals surface area (Å²) in [5.41, 5.74) is 6.05. The van der Waals surface area contributed by atoms with Gasteiger partial charge in [-0.1, -0.05) is 0 Å². The fourth-order valence-electron chi connectivity index (χ4n) is 2.98. The smallest absolute Gasteiger partial charge is 0.0509 e. The van der Waals surface area contributed by atoms with Gasteiger partial charge in [0, 0.05) is 24.7 Å². The first-order valence-corrected chi connectivity index (χ1v) is 6.17. The molecule has 3 heteroatoms. The Morgan fingerprint density at radius 3 is 2.93 bits per heavy atom. The van der Waals surface area contributed by atoms with Crippen LogP contribution in [0.15, 0.2) is 0 Å². The van der Waals surface area contributed by atoms with Crippen molar-refractivity contribution in [1.29, 1.82) is 0 Å². The minimum Gasteiger partial charge on any atom is -0.381 e. The maximum absolute atomic E-state index is 6.12. The van der Waals surface area contributed by atoms with Crippen LogP contribution in [0, 0.1) is 5.92 Å². The van der Waals surface area contributed by atoms with Crippen molar-refractivity contribution in [2.75, 3.05) is 26.3 Å². The Labute approximate surface area is 93.0 Å². The second-order valence-corrected chi connectivity index (χ2v) is 5.79. The van der Waals surface area contributed by atoms with Gasteiger partial charge in [-0.25, -0.2) is 0 Å². The molecule has 2 heterocycles. The number of hydrogen-bond acceptors (Lipinski definition) is 3. The summed E-state index contributed by atoms with van der Waals surface area (Å²) >= 11 is 0. The van der Waals surface area contributed by atoms with E-state index in [4.69, 9.17) is 10.5 Å². The van der Waals surface area contributed by atoms with Crippen molar-refractivity contribution in [2.45, 2.75) is 44.7 Å². The Morgan fingerprint density at radius 2 is 2.20 bits per heavy atom. The molecule has 0 saturated carbocycles. The fraction of sp³-hybridized carbons (Fsp3) is 1.00. The Kier molecular flexibility index (Phi) is 3.33. The molecule has 0 aromatic carbocycles. The summed E-state index contributed by atoms with van der Waals surface area (Å²) in [6, 6.07) is 0.732. The Bertz CT molecular complexity index is 210. The molecule has 2 N–H and O–H groups in total. The standard InChI is InChI=1S/C12H24N2O/c1-12(2,13)9-14-6-3-4-10-8-15-7-5-11(10)14/h10-11H,3-9,13H2,1-2H3. The van der Waals surface area contributed by atoms with E-state index in [1.165, 1.54) is 25.8 Å². The first-order valence-electron chi connectivity index (χ1n) is 6.17. The third kappa shape index (κ3) is 2.92. The number of nitrogens with two attached hydrogens (primary N) is 1. The molecule has 2 atom stereocenters. The van der Waals surface area contributed by atoms with E-state index >= 15 is 0 Å². The van der Waals surface area contributed by atoms with E-state index in [-0.39, 0.29) is 5.54 Å². The van der Waals surface area contributed by atoms with Crippen molar-refractivity contribution in [3.05, 3.63) is 0 Å². The van der Waals surface area contributed by atoms with E-state index in [2.05, 4.69) is 18.7 Å². The Morgan fingerprint density at radius 1 is 1.40 bits per heavy atom. The lowest BCUT2D eigenvalue weighted by atomic mass is 9.85. The second kappa shape index (κ2) is 4.40. The van der Waals surface area contributed by atoms with E-state index in [0.29, 0.717) is 0 Å². The Balaban J connectivity index is 1.97. The molecular formula is C12H24N2O. The predicted molar refractivity (Wildman–Crippen MR) is 61.8 cm³/mol. The van der Waals surface area contributed by atoms with Crippen LogP contribution in [-0.4, -0.2) is 42.8 Å². The van der Waals surface area contributed by atoms with E-state index < -0.39 is 0 Å². The molecule has 2 aliphatic rings. The summed E-state index contributed by atoms with van der Waals surface area (Å²) in [5, 5.41) is 0. The molecule has 0 aromatic heterocycles. The molecule has 2 aliphatic heterocycles. The molecule has 2 rings (SSSR count). The molecule has 0 bridgehead atoms. The van der Waals surface area contributed by atoms with E-state index in [1.807, 2.05) is 0 Å². The summed E-state index contributed by atoms with van der Waals surface area (Å²) < 4.78 is 5.56. The molecule has 3 nitrogen and oxygen atoms in total. The lowest BCUT2D eigenvalue weighted by Gasteiger charge is -2.45. The van der Waals surface area contributed by atoms with Crippen molar-refractivity contribution in [3.8, 4) is 0 Å². The van der Waals surface area contributed by atoms with Gasteiger partial charge in [0.05, 0.1) is 6.61 Å². The highest BCUT2D eigenvalue weighted by molar-refractivity contribution is 4.90. The second-order valence-electron chi connectivity index (χ2n) is 5.79. The quantitative estimate of drug-likeness (QED) is 0.748. The van der Waals surface area contributed by atoms with Crippen molar-refractivity contribution in [3.63, 3.8) is 0 Å². The summed E-state index contributed by atoms with van der Waals surface area (Å²) in [6.45, 7) is 8.39. The van der Waals surface area contributed by atoms with E-state index in [0.717, 1.165) is 31.7 Å². The van der Waals surface area contributed by atoms with Crippen molar-refractivity contribution < 1.29 is 4.74 Å². The molecule has 0 radical (unpaired) electrons. The van der Waals surface area contributed by atoms with Crippen LogP contribution in [0.3, 0.4) is 0 Å². The van der Waals surface area contributed by atoms with Gasteiger partial charge in [-0.15, -0.1) is 0 Å². The van der Waals surface area contributed by atoms with Crippen LogP contribution in [0.2, 0.25) is 0 Å². The van der Waals surface area contributed by atoms with Crippen LogP contribution in [0.25, 0.3) is 0 Å². The number of ether oxygens (including phenoxy) is 1. The zero-order valence-corrected chi connectivity index (χ0v) is 10.0. The van der Waals surface area contributed by atoms with Crippen LogP contribution in [-0.2, 0) is 4.74 Å². The molecule has 0 amide bonds. The van der Waals surface area contributed by atoms with Gasteiger partial charge >= 0.3 is 0 Å². The van der Waals surface area contributed by atoms with Crippen LogP contribution in [0.1, 0.15) is 33.1 Å². The number of likely N-dealkylation sites (tertiary alicyclic amines) is 1. The Hall–Kier alpha value is -0.120. The highest BCUT2D eigenvalue weighted by Gasteiger charge is 2.35. The van der Waals surface area contributed by atoms with Gasteiger partial charge in [-0.05, 0) is 45.6 Å². The first kappa shape index (κ1) is 11.4. The summed E-state index contributed by atoms with van der Waals surface area (Å²) in [5.74, 6) is 0.759. The van der Waals surface area contributed by atoms with Gasteiger partial charge in [-0.3, -0.25) is 4.90 Å². The lowest BCUT2D eigenvalue weighted by molar-refractivity contribution is -0.0402. The molecule has 2 saturated heterocycles. The highest BCUT2D eigenvalue weighted by atomic mass is 16.5. The first-order chi connectivity index (χ1) is 7.06. The highest BCUT2D eigenvalue weighted by Crippen LogP contribution is 2.29. The maximum Gasteiger partial charge on any atom is 0.0509 e. The van der Waals surface area contributed by atoms with Crippen LogP contribution in [0.4, 0.5) is 0 Å². The molecule has 0 spiro atoms. The van der Waals surface area contributed by atoms with Gasteiger partial charge in [0.1, 0.15) is 0 Å². The van der Waals surface area contributed by atoms with Crippen LogP contribution >= 0.6 is 0 Å². The number of piperidine rings is 1. The average Bonchev–Trinajstić information content (AvgIpc) is 2.16. The number of rotatable bonds is 2. The molecule has 0 aromatic rings. The zero-order chi connectivity index (χ0) is 10.9. The van der Waals surface area contributed by atoms with E-state index in [9.17, 15) is 0 Å². The van der Waals surface area contributed by atoms with Crippen molar-refractivity contribution >= 4 is 0 Å². The predicted octanol–water partition coefficient (Wildman–Crippen LogP) is 1.22. The lowest BCUT2D eigenvalue weighted by Crippen LogP contribution is -2.55. The maximum atomic E-state index is 6.12. The molecular weight excluding hydrogens is 188 g/mol. The molecule has 2 unspecified atom stereocenters. The molecule has 88 valence electrons. The monoisotopic (exact) mass is 212 g/mol. The van der Waals surface area contributed by atoms with Crippen LogP contribution in [0.5, 0.6) is 0 Å². The zero-order valence-electron chi connectivity index (χ0n) is 10.0. The SMILES string of the molecule is CC(C)(N)CN1CCCC2COCCC21. The molecule has 2 fully saturated rings. The van der Waals surface area contributed by atoms with Gasteiger partial charge in [-0.2, -0.15) is 0 Å². The normalized spacial score (nSPS) is 33.8. The number of hydrogen-bond donors (Lipinski definition) is 1. The fourth-order valence-corrected chi connectivity index (χ4v) is 2.98. The van der Waals surface area contributed by atoms with Gasteiger partial charge in [0.15, 0.2) is 0 Å². The molecule has 0 aliphatic carbocycles. The minimum atomic E-state index is -0.0693. The summed E-state index contributed by atoms with van der Waals surface area (Å²) in [4.78, 5) is 2.59. The summed E-state index contributed by atoms with van der Waals surface area (Å²) in [6.07, 6.45) is 3.84. The average molecular weight is 212 g/mol. The molecule has 15 heavy (non-hydrogen) atoms. The number of fused-ring (bicyclic) bond motifs is 1. The number of nitrogens with zero attached hydrogens (tertiary/aromatic N) is 1. The van der Waals surface area contributed by atoms with E-state index in [1.54, 1.807) is 0 Å². The third-order valence-electron chi connectivity index (χ3n) is 3.53. The third-order valence-corrected chi connectivity index (χ3v) is 3.53.